The molecule has 0 bridgehead atoms. The van der Waals surface area contributed by atoms with Crippen LogP contribution in [0.1, 0.15) is 70.7 Å². The minimum atomic E-state index is -0.563. The zero-order valence-electron chi connectivity index (χ0n) is 31.5. The predicted molar refractivity (Wildman–Crippen MR) is 221 cm³/mol. The highest BCUT2D eigenvalue weighted by atomic mass is 79.9. The first-order chi connectivity index (χ1) is 27.2. The highest BCUT2D eigenvalue weighted by Crippen LogP contribution is 2.26. The van der Waals surface area contributed by atoms with Crippen LogP contribution in [-0.2, 0) is 12.8 Å². The number of piperidine rings is 2. The van der Waals surface area contributed by atoms with Gasteiger partial charge in [0, 0.05) is 49.8 Å². The maximum atomic E-state index is 12.8. The number of carbonyl (C=O) groups is 2. The molecule has 1 atom stereocenters. The lowest BCUT2D eigenvalue weighted by Crippen LogP contribution is -2.39. The molecule has 7 rings (SSSR count). The molecule has 0 saturated carbocycles. The zero-order valence-corrected chi connectivity index (χ0v) is 34.7. The van der Waals surface area contributed by atoms with Gasteiger partial charge in [-0.1, -0.05) is 51.6 Å². The Morgan fingerprint density at radius 2 is 1.32 bits per heavy atom. The number of alkyl halides is 1. The molecule has 2 N–H and O–H groups in total. The number of amides is 2. The largest absolute Gasteiger partial charge is 0.432 e. The summed E-state index contributed by atoms with van der Waals surface area (Å²) in [4.78, 5) is 47.0. The molecule has 2 aliphatic rings. The fourth-order valence-electron chi connectivity index (χ4n) is 5.60. The normalized spacial score (nSPS) is 14.2. The SMILES string of the molecule is CSc1nccc(C(Br)C(=O)c2ccc(F)cc2)n1.CSc1nccc(CCc2ccc(F)cc2)n1.NC(=O)N1CCCCC1.c1coc(N2CCCCC2)n1. The smallest absolute Gasteiger partial charge is 0.314 e. The summed E-state index contributed by atoms with van der Waals surface area (Å²) < 4.78 is 30.7. The Labute approximate surface area is 343 Å². The summed E-state index contributed by atoms with van der Waals surface area (Å²) in [6.07, 6.45) is 19.6. The number of urea groups is 1. The second kappa shape index (κ2) is 24.3. The van der Waals surface area contributed by atoms with Crippen molar-refractivity contribution in [3.63, 3.8) is 0 Å². The third-order valence-corrected chi connectivity index (χ3v) is 10.6. The Hall–Kier alpha value is -4.41. The van der Waals surface area contributed by atoms with Gasteiger partial charge in [-0.05, 0) is 118 Å². The van der Waals surface area contributed by atoms with Crippen molar-refractivity contribution in [1.29, 1.82) is 0 Å². The quantitative estimate of drug-likeness (QED) is 0.0656. The number of thioether (sulfide) groups is 2. The summed E-state index contributed by atoms with van der Waals surface area (Å²) in [5.74, 6) is -0.722. The zero-order chi connectivity index (χ0) is 40.1. The van der Waals surface area contributed by atoms with Gasteiger partial charge in [0.2, 0.25) is 0 Å². The second-order valence-corrected chi connectivity index (χ2v) is 15.1. The third-order valence-electron chi connectivity index (χ3n) is 8.63. The lowest BCUT2D eigenvalue weighted by Gasteiger charge is -2.24. The number of rotatable bonds is 9. The Bertz CT molecular complexity index is 1900. The Morgan fingerprint density at radius 3 is 1.88 bits per heavy atom. The van der Waals surface area contributed by atoms with Crippen molar-refractivity contribution in [2.24, 2.45) is 5.73 Å². The van der Waals surface area contributed by atoms with E-state index >= 15 is 0 Å². The Morgan fingerprint density at radius 1 is 0.750 bits per heavy atom. The number of likely N-dealkylation sites (tertiary alicyclic amines) is 1. The maximum absolute atomic E-state index is 12.8. The van der Waals surface area contributed by atoms with Crippen molar-refractivity contribution in [2.45, 2.75) is 66.5 Å². The summed E-state index contributed by atoms with van der Waals surface area (Å²) in [7, 11) is 0. The Kier molecular flexibility index (Phi) is 19.2. The molecule has 2 aliphatic heterocycles. The fourth-order valence-corrected chi connectivity index (χ4v) is 6.85. The van der Waals surface area contributed by atoms with Crippen LogP contribution in [0.5, 0.6) is 0 Å². The van der Waals surface area contributed by atoms with E-state index in [4.69, 9.17) is 10.2 Å². The number of Topliss-reactive ketones (excluding diaryl/α,β-unsaturated/α-hetero) is 1. The van der Waals surface area contributed by atoms with Gasteiger partial charge in [-0.15, -0.1) is 0 Å². The number of hydrogen-bond acceptors (Lipinski definition) is 11. The summed E-state index contributed by atoms with van der Waals surface area (Å²) in [6, 6.07) is 16.2. The molecule has 16 heteroatoms. The topological polar surface area (TPSA) is 144 Å². The number of primary amides is 1. The number of ketones is 1. The van der Waals surface area contributed by atoms with E-state index in [0.717, 1.165) is 74.3 Å². The molecule has 2 amide bonds. The minimum Gasteiger partial charge on any atom is -0.432 e. The highest BCUT2D eigenvalue weighted by Gasteiger charge is 2.21. The second-order valence-electron chi connectivity index (χ2n) is 12.6. The third kappa shape index (κ3) is 15.3. The molecule has 5 aromatic rings. The molecule has 0 radical (unpaired) electrons. The van der Waals surface area contributed by atoms with Crippen LogP contribution in [0.3, 0.4) is 0 Å². The monoisotopic (exact) mass is 868 g/mol. The van der Waals surface area contributed by atoms with Crippen LogP contribution in [0.2, 0.25) is 0 Å². The number of oxazole rings is 1. The highest BCUT2D eigenvalue weighted by molar-refractivity contribution is 9.09. The number of nitrogens with two attached hydrogens (primary N) is 1. The number of benzene rings is 2. The number of carbonyl (C=O) groups excluding carboxylic acids is 2. The van der Waals surface area contributed by atoms with E-state index < -0.39 is 4.83 Å². The van der Waals surface area contributed by atoms with Gasteiger partial charge in [-0.3, -0.25) is 4.79 Å². The van der Waals surface area contributed by atoms with Crippen molar-refractivity contribution in [2.75, 3.05) is 43.6 Å². The fraction of sp³-hybridized carbons (Fsp3) is 0.375. The molecule has 5 heterocycles. The lowest BCUT2D eigenvalue weighted by atomic mass is 10.1. The van der Waals surface area contributed by atoms with Crippen LogP contribution in [0.4, 0.5) is 19.6 Å². The molecule has 3 aromatic heterocycles. The van der Waals surface area contributed by atoms with Crippen LogP contribution in [0, 0.1) is 11.6 Å². The number of halogens is 3. The molecule has 2 saturated heterocycles. The molecule has 56 heavy (non-hydrogen) atoms. The maximum Gasteiger partial charge on any atom is 0.314 e. The van der Waals surface area contributed by atoms with Crippen LogP contribution < -0.4 is 10.6 Å². The molecule has 0 spiro atoms. The molecule has 298 valence electrons. The van der Waals surface area contributed by atoms with E-state index in [1.807, 2.05) is 30.7 Å². The van der Waals surface area contributed by atoms with Crippen molar-refractivity contribution in [3.8, 4) is 0 Å². The van der Waals surface area contributed by atoms with Crippen molar-refractivity contribution in [1.82, 2.24) is 29.8 Å². The lowest BCUT2D eigenvalue weighted by molar-refractivity contribution is 0.0990. The number of hydrogen-bond donors (Lipinski definition) is 1. The number of nitrogens with zero attached hydrogens (tertiary/aromatic N) is 7. The number of anilines is 1. The van der Waals surface area contributed by atoms with Gasteiger partial charge in [0.25, 0.3) is 6.01 Å². The van der Waals surface area contributed by atoms with Gasteiger partial charge in [-0.25, -0.2) is 38.5 Å². The van der Waals surface area contributed by atoms with Crippen LogP contribution in [0.25, 0.3) is 0 Å². The van der Waals surface area contributed by atoms with Crippen molar-refractivity contribution >= 4 is 57.3 Å². The van der Waals surface area contributed by atoms with E-state index in [1.54, 1.807) is 35.8 Å². The van der Waals surface area contributed by atoms with E-state index in [2.05, 4.69) is 45.7 Å². The molecule has 2 fully saturated rings. The number of aryl methyl sites for hydroxylation is 2. The standard InChI is InChI=1S/C13H10BrFN2OS.C13H13FN2S.C8H12N2O.C6H12N2O/c1-19-13-16-7-6-10(17-13)11(14)12(18)8-2-4-9(15)5-3-8;1-17-13-15-9-8-12(16-13)7-4-10-2-5-11(14)6-3-10;1-2-5-10(6-3-1)8-9-4-7-11-8;7-6(9)8-4-2-1-3-5-8/h2-7,11H,1H3;2-3,5-6,8-9H,4,7H2,1H3;4,7H,1-3,5-6H2;1-5H2,(H2,7,9). The molecular weight excluding hydrogens is 823 g/mol. The van der Waals surface area contributed by atoms with Gasteiger partial charge >= 0.3 is 6.03 Å². The summed E-state index contributed by atoms with van der Waals surface area (Å²) >= 11 is 6.27. The van der Waals surface area contributed by atoms with Gasteiger partial charge in [0.05, 0.1) is 11.9 Å². The van der Waals surface area contributed by atoms with E-state index in [9.17, 15) is 18.4 Å². The summed E-state index contributed by atoms with van der Waals surface area (Å²) in [6.45, 7) is 3.91. The van der Waals surface area contributed by atoms with E-state index in [1.165, 1.54) is 85.6 Å². The van der Waals surface area contributed by atoms with Crippen LogP contribution >= 0.6 is 39.5 Å². The minimum absolute atomic E-state index is 0.161. The average molecular weight is 870 g/mol. The van der Waals surface area contributed by atoms with Gasteiger partial charge < -0.3 is 20.0 Å². The van der Waals surface area contributed by atoms with Gasteiger partial charge in [0.1, 0.15) is 22.7 Å². The van der Waals surface area contributed by atoms with Crippen LogP contribution in [-0.4, -0.2) is 80.3 Å². The molecular formula is C40H47BrF2N8O3S2. The molecule has 1 unspecified atom stereocenters. The summed E-state index contributed by atoms with van der Waals surface area (Å²) in [5.41, 5.74) is 8.23. The van der Waals surface area contributed by atoms with Gasteiger partial charge in [-0.2, -0.15) is 0 Å². The van der Waals surface area contributed by atoms with Crippen molar-refractivity contribution in [3.05, 3.63) is 120 Å². The van der Waals surface area contributed by atoms with Crippen molar-refractivity contribution < 1.29 is 22.8 Å². The summed E-state index contributed by atoms with van der Waals surface area (Å²) in [5, 5.41) is 1.40. The first-order valence-corrected chi connectivity index (χ1v) is 21.6. The average Bonchev–Trinajstić information content (AvgIpc) is 3.80. The first-order valence-electron chi connectivity index (χ1n) is 18.3. The predicted octanol–water partition coefficient (Wildman–Crippen LogP) is 9.00. The molecule has 0 aliphatic carbocycles. The van der Waals surface area contributed by atoms with E-state index in [0.29, 0.717) is 16.4 Å². The number of aromatic nitrogens is 5. The Balaban J connectivity index is 0.000000172. The first kappa shape index (κ1) is 44.3. The van der Waals surface area contributed by atoms with Crippen LogP contribution in [0.15, 0.2) is 100 Å². The van der Waals surface area contributed by atoms with Gasteiger partial charge in [0.15, 0.2) is 16.1 Å². The molecule has 2 aromatic carbocycles. The van der Waals surface area contributed by atoms with E-state index in [-0.39, 0.29) is 23.4 Å². The molecule has 11 nitrogen and oxygen atoms in total.